The van der Waals surface area contributed by atoms with E-state index >= 15 is 0 Å². The van der Waals surface area contributed by atoms with Crippen LogP contribution >= 0.6 is 15.9 Å². The number of esters is 1. The van der Waals surface area contributed by atoms with Gasteiger partial charge in [-0.25, -0.2) is 4.79 Å². The standard InChI is InChI=1S/C12H11BrO2/c1-15-12(14)7-9-3-2-8-6-10(13)4-5-11(8)9/h4-7H,2-3H2,1H3. The second-order valence-electron chi connectivity index (χ2n) is 3.49. The summed E-state index contributed by atoms with van der Waals surface area (Å²) in [5.74, 6) is -0.277. The minimum atomic E-state index is -0.277. The molecule has 0 unspecified atom stereocenters. The second-order valence-corrected chi connectivity index (χ2v) is 4.41. The maximum absolute atomic E-state index is 11.1. The van der Waals surface area contributed by atoms with Crippen molar-refractivity contribution in [2.24, 2.45) is 0 Å². The minimum Gasteiger partial charge on any atom is -0.466 e. The molecule has 0 spiro atoms. The summed E-state index contributed by atoms with van der Waals surface area (Å²) in [6, 6.07) is 6.14. The first kappa shape index (κ1) is 10.4. The van der Waals surface area contributed by atoms with Crippen LogP contribution in [0.4, 0.5) is 0 Å². The third-order valence-corrected chi connectivity index (χ3v) is 3.06. The molecule has 3 heteroatoms. The maximum atomic E-state index is 11.1. The average Bonchev–Trinajstić information content (AvgIpc) is 2.60. The summed E-state index contributed by atoms with van der Waals surface area (Å²) in [4.78, 5) is 11.1. The molecule has 0 saturated heterocycles. The van der Waals surface area contributed by atoms with E-state index in [4.69, 9.17) is 0 Å². The zero-order valence-electron chi connectivity index (χ0n) is 8.42. The second kappa shape index (κ2) is 4.19. The molecular weight excluding hydrogens is 256 g/mol. The lowest BCUT2D eigenvalue weighted by Gasteiger charge is -2.01. The molecule has 0 radical (unpaired) electrons. The van der Waals surface area contributed by atoms with E-state index in [0.717, 1.165) is 22.9 Å². The molecule has 1 aliphatic rings. The predicted molar refractivity (Wildman–Crippen MR) is 62.5 cm³/mol. The number of rotatable bonds is 1. The number of carbonyl (C=O) groups is 1. The molecule has 1 aromatic carbocycles. The molecule has 0 atom stereocenters. The van der Waals surface area contributed by atoms with Crippen LogP contribution < -0.4 is 0 Å². The first-order valence-corrected chi connectivity index (χ1v) is 5.57. The Labute approximate surface area is 97.1 Å². The first-order valence-electron chi connectivity index (χ1n) is 4.78. The highest BCUT2D eigenvalue weighted by atomic mass is 79.9. The summed E-state index contributed by atoms with van der Waals surface area (Å²) in [7, 11) is 1.40. The molecule has 0 aromatic heterocycles. The monoisotopic (exact) mass is 266 g/mol. The molecule has 0 heterocycles. The first-order chi connectivity index (χ1) is 7.20. The molecule has 2 nitrogen and oxygen atoms in total. The molecule has 0 bridgehead atoms. The summed E-state index contributed by atoms with van der Waals surface area (Å²) in [5, 5.41) is 0. The fourth-order valence-corrected chi connectivity index (χ4v) is 2.25. The number of fused-ring (bicyclic) bond motifs is 1. The van der Waals surface area contributed by atoms with Crippen molar-refractivity contribution in [2.45, 2.75) is 12.8 Å². The SMILES string of the molecule is COC(=O)C=C1CCc2cc(Br)ccc21. The van der Waals surface area contributed by atoms with Crippen LogP contribution in [0.2, 0.25) is 0 Å². The van der Waals surface area contributed by atoms with Crippen LogP contribution in [0.25, 0.3) is 5.57 Å². The largest absolute Gasteiger partial charge is 0.466 e. The number of carbonyl (C=O) groups excluding carboxylic acids is 1. The maximum Gasteiger partial charge on any atom is 0.330 e. The van der Waals surface area contributed by atoms with E-state index in [0.29, 0.717) is 0 Å². The molecule has 0 amide bonds. The number of hydrogen-bond acceptors (Lipinski definition) is 2. The van der Waals surface area contributed by atoms with Gasteiger partial charge in [0.25, 0.3) is 0 Å². The fraction of sp³-hybridized carbons (Fsp3) is 0.250. The van der Waals surface area contributed by atoms with Gasteiger partial charge in [0.05, 0.1) is 7.11 Å². The highest BCUT2D eigenvalue weighted by molar-refractivity contribution is 9.10. The van der Waals surface area contributed by atoms with Crippen LogP contribution in [0.5, 0.6) is 0 Å². The van der Waals surface area contributed by atoms with E-state index < -0.39 is 0 Å². The molecule has 0 N–H and O–H groups in total. The number of benzene rings is 1. The van der Waals surface area contributed by atoms with Crippen LogP contribution in [-0.4, -0.2) is 13.1 Å². The van der Waals surface area contributed by atoms with Crippen molar-refractivity contribution >= 4 is 27.5 Å². The number of allylic oxidation sites excluding steroid dienone is 1. The van der Waals surface area contributed by atoms with Gasteiger partial charge in [0.2, 0.25) is 0 Å². The summed E-state index contributed by atoms with van der Waals surface area (Å²) in [6.45, 7) is 0. The van der Waals surface area contributed by atoms with Gasteiger partial charge in [0, 0.05) is 10.5 Å². The number of ether oxygens (including phenoxy) is 1. The zero-order valence-corrected chi connectivity index (χ0v) is 10.0. The van der Waals surface area contributed by atoms with Crippen molar-refractivity contribution in [3.8, 4) is 0 Å². The topological polar surface area (TPSA) is 26.3 Å². The van der Waals surface area contributed by atoms with Crippen molar-refractivity contribution in [1.29, 1.82) is 0 Å². The normalized spacial score (nSPS) is 16.5. The highest BCUT2D eigenvalue weighted by Gasteiger charge is 2.17. The van der Waals surface area contributed by atoms with E-state index in [1.54, 1.807) is 6.08 Å². The molecule has 0 aliphatic heterocycles. The van der Waals surface area contributed by atoms with Crippen LogP contribution in [0.3, 0.4) is 0 Å². The van der Waals surface area contributed by atoms with Gasteiger partial charge >= 0.3 is 5.97 Å². The third-order valence-electron chi connectivity index (χ3n) is 2.57. The molecular formula is C12H11BrO2. The van der Waals surface area contributed by atoms with Crippen LogP contribution in [0.1, 0.15) is 17.5 Å². The van der Waals surface area contributed by atoms with Crippen LogP contribution in [-0.2, 0) is 16.0 Å². The number of halogens is 1. The summed E-state index contributed by atoms with van der Waals surface area (Å²) < 4.78 is 5.71. The van der Waals surface area contributed by atoms with E-state index in [-0.39, 0.29) is 5.97 Å². The Kier molecular flexibility index (Phi) is 2.91. The van der Waals surface area contributed by atoms with Gasteiger partial charge in [-0.1, -0.05) is 22.0 Å². The van der Waals surface area contributed by atoms with Gasteiger partial charge in [-0.2, -0.15) is 0 Å². The Morgan fingerprint density at radius 2 is 2.27 bits per heavy atom. The van der Waals surface area contributed by atoms with E-state index in [1.165, 1.54) is 18.2 Å². The molecule has 78 valence electrons. The Bertz CT molecular complexity index is 435. The smallest absolute Gasteiger partial charge is 0.330 e. The Balaban J connectivity index is 2.37. The number of aryl methyl sites for hydroxylation is 1. The lowest BCUT2D eigenvalue weighted by atomic mass is 10.1. The molecule has 1 aromatic rings. The zero-order chi connectivity index (χ0) is 10.8. The lowest BCUT2D eigenvalue weighted by molar-refractivity contribution is -0.134. The quantitative estimate of drug-likeness (QED) is 0.577. The average molecular weight is 267 g/mol. The molecule has 15 heavy (non-hydrogen) atoms. The third kappa shape index (κ3) is 2.12. The van der Waals surface area contributed by atoms with Gasteiger partial charge in [0.15, 0.2) is 0 Å². The van der Waals surface area contributed by atoms with E-state index in [1.807, 2.05) is 12.1 Å². The van der Waals surface area contributed by atoms with E-state index in [2.05, 4.69) is 26.7 Å². The Hall–Kier alpha value is -1.09. The highest BCUT2D eigenvalue weighted by Crippen LogP contribution is 2.33. The molecule has 0 fully saturated rings. The van der Waals surface area contributed by atoms with Gasteiger partial charge in [-0.05, 0) is 41.7 Å². The molecule has 2 rings (SSSR count). The van der Waals surface area contributed by atoms with E-state index in [9.17, 15) is 4.79 Å². The molecule has 1 aliphatic carbocycles. The van der Waals surface area contributed by atoms with Gasteiger partial charge in [0.1, 0.15) is 0 Å². The fourth-order valence-electron chi connectivity index (χ4n) is 1.84. The minimum absolute atomic E-state index is 0.277. The summed E-state index contributed by atoms with van der Waals surface area (Å²) in [5.41, 5.74) is 3.53. The van der Waals surface area contributed by atoms with Crippen molar-refractivity contribution in [1.82, 2.24) is 0 Å². The number of hydrogen-bond donors (Lipinski definition) is 0. The van der Waals surface area contributed by atoms with Crippen molar-refractivity contribution < 1.29 is 9.53 Å². The Morgan fingerprint density at radius 1 is 1.47 bits per heavy atom. The van der Waals surface area contributed by atoms with Crippen LogP contribution in [0.15, 0.2) is 28.7 Å². The molecule has 0 saturated carbocycles. The lowest BCUT2D eigenvalue weighted by Crippen LogP contribution is -1.95. The Morgan fingerprint density at radius 3 is 3.00 bits per heavy atom. The predicted octanol–water partition coefficient (Wildman–Crippen LogP) is 2.95. The van der Waals surface area contributed by atoms with Crippen molar-refractivity contribution in [3.05, 3.63) is 39.9 Å². The van der Waals surface area contributed by atoms with Gasteiger partial charge in [-0.15, -0.1) is 0 Å². The number of methoxy groups -OCH3 is 1. The van der Waals surface area contributed by atoms with Gasteiger partial charge < -0.3 is 4.74 Å². The van der Waals surface area contributed by atoms with Gasteiger partial charge in [-0.3, -0.25) is 0 Å². The van der Waals surface area contributed by atoms with Crippen molar-refractivity contribution in [2.75, 3.05) is 7.11 Å². The summed E-state index contributed by atoms with van der Waals surface area (Å²) in [6.07, 6.45) is 3.50. The van der Waals surface area contributed by atoms with Crippen LogP contribution in [0, 0.1) is 0 Å². The van der Waals surface area contributed by atoms with Crippen molar-refractivity contribution in [3.63, 3.8) is 0 Å². The summed E-state index contributed by atoms with van der Waals surface area (Å²) >= 11 is 3.44.